The summed E-state index contributed by atoms with van der Waals surface area (Å²) < 4.78 is 5.69. The number of anilines is 1. The van der Waals surface area contributed by atoms with E-state index in [0.717, 1.165) is 25.4 Å². The third kappa shape index (κ3) is 4.99. The van der Waals surface area contributed by atoms with Gasteiger partial charge in [0.2, 0.25) is 0 Å². The van der Waals surface area contributed by atoms with Gasteiger partial charge in [-0.1, -0.05) is 38.1 Å². The summed E-state index contributed by atoms with van der Waals surface area (Å²) in [5.41, 5.74) is 2.58. The molecule has 0 spiro atoms. The Morgan fingerprint density at radius 3 is 2.62 bits per heavy atom. The van der Waals surface area contributed by atoms with E-state index in [4.69, 9.17) is 4.74 Å². The predicted molar refractivity (Wildman–Crippen MR) is 106 cm³/mol. The molecule has 4 nitrogen and oxygen atoms in total. The summed E-state index contributed by atoms with van der Waals surface area (Å²) in [5.74, 6) is 1.36. The smallest absolute Gasteiger partial charge is 0.119 e. The van der Waals surface area contributed by atoms with E-state index in [2.05, 4.69) is 54.4 Å². The monoisotopic (exact) mass is 353 g/mol. The molecule has 0 saturated carbocycles. The van der Waals surface area contributed by atoms with Crippen LogP contribution < -0.4 is 15.0 Å². The molecule has 0 amide bonds. The van der Waals surface area contributed by atoms with Gasteiger partial charge in [0.25, 0.3) is 0 Å². The summed E-state index contributed by atoms with van der Waals surface area (Å²) in [6.07, 6.45) is 0.180. The van der Waals surface area contributed by atoms with Crippen molar-refractivity contribution in [3.05, 3.63) is 60.2 Å². The molecule has 139 valence electrons. The zero-order valence-corrected chi connectivity index (χ0v) is 15.7. The molecule has 1 heterocycles. The molecule has 0 unspecified atom stereocenters. The van der Waals surface area contributed by atoms with Crippen molar-refractivity contribution in [3.8, 4) is 5.75 Å². The lowest BCUT2D eigenvalue weighted by Gasteiger charge is -2.37. The third-order valence-electron chi connectivity index (χ3n) is 4.96. The first-order valence-corrected chi connectivity index (χ1v) is 9.49. The number of hydrogen-bond donors (Lipinski definition) is 2. The van der Waals surface area contributed by atoms with E-state index < -0.39 is 6.10 Å². The fourth-order valence-electron chi connectivity index (χ4n) is 3.31. The van der Waals surface area contributed by atoms with Crippen LogP contribution in [0.15, 0.2) is 48.5 Å². The molecule has 1 aliphatic heterocycles. The second kappa shape index (κ2) is 9.06. The summed E-state index contributed by atoms with van der Waals surface area (Å²) in [6.45, 7) is 7.57. The van der Waals surface area contributed by atoms with E-state index in [9.17, 15) is 5.11 Å². The van der Waals surface area contributed by atoms with Gasteiger partial charge in [-0.2, -0.15) is 0 Å². The lowest BCUT2D eigenvalue weighted by molar-refractivity contribution is 0.0977. The molecule has 26 heavy (non-hydrogen) atoms. The highest BCUT2D eigenvalue weighted by atomic mass is 16.5. The van der Waals surface area contributed by atoms with Crippen LogP contribution in [0.4, 0.5) is 5.69 Å². The van der Waals surface area contributed by atoms with Gasteiger partial charge in [0.05, 0.1) is 18.8 Å². The van der Waals surface area contributed by atoms with Crippen molar-refractivity contribution in [1.29, 1.82) is 0 Å². The Kier molecular flexibility index (Phi) is 6.53. The number of rotatable bonds is 7. The first kappa shape index (κ1) is 18.7. The Labute approximate surface area is 156 Å². The minimum atomic E-state index is -0.428. The minimum Gasteiger partial charge on any atom is -0.493 e. The second-order valence-electron chi connectivity index (χ2n) is 7.19. The van der Waals surface area contributed by atoms with Crippen LogP contribution in [0.25, 0.3) is 0 Å². The number of aliphatic hydroxyl groups excluding tert-OH is 1. The summed E-state index contributed by atoms with van der Waals surface area (Å²) in [4.78, 5) is 2.35. The maximum Gasteiger partial charge on any atom is 0.119 e. The molecular formula is C22H29N2O2. The summed E-state index contributed by atoms with van der Waals surface area (Å²) in [5, 5.41) is 14.0. The minimum absolute atomic E-state index is 0.0567. The second-order valence-corrected chi connectivity index (χ2v) is 7.19. The Bertz CT molecular complexity index is 658. The fourth-order valence-corrected chi connectivity index (χ4v) is 3.31. The standard InChI is InChI=1S/C22H29N2O2/c1-17(2)18-8-10-19(11-9-18)24-14-13-23-21(16-24)22(25)12-15-26-20-6-4-3-5-7-20/h4-11,17,21-23,25H,12-16H2,1-2H3/t21-,22-/m0/s1. The molecule has 1 saturated heterocycles. The average Bonchev–Trinajstić information content (AvgIpc) is 2.69. The molecule has 2 atom stereocenters. The van der Waals surface area contributed by atoms with Crippen LogP contribution in [0, 0.1) is 6.07 Å². The van der Waals surface area contributed by atoms with Crippen molar-refractivity contribution in [2.24, 2.45) is 0 Å². The SMILES string of the molecule is CC(C)c1ccc(N2CCN[C@H]([C@@H](O)CCOc3cc[c]cc3)C2)cc1. The summed E-state index contributed by atoms with van der Waals surface area (Å²) >= 11 is 0. The quantitative estimate of drug-likeness (QED) is 0.802. The molecule has 0 aromatic heterocycles. The number of ether oxygens (including phenoxy) is 1. The van der Waals surface area contributed by atoms with E-state index in [1.807, 2.05) is 24.3 Å². The number of aliphatic hydroxyl groups is 1. The number of benzene rings is 2. The molecule has 0 bridgehead atoms. The molecule has 3 rings (SSSR count). The van der Waals surface area contributed by atoms with Crippen LogP contribution >= 0.6 is 0 Å². The van der Waals surface area contributed by atoms with E-state index in [1.165, 1.54) is 11.3 Å². The van der Waals surface area contributed by atoms with Crippen molar-refractivity contribution in [3.63, 3.8) is 0 Å². The average molecular weight is 353 g/mol. The molecule has 2 N–H and O–H groups in total. The van der Waals surface area contributed by atoms with E-state index >= 15 is 0 Å². The lowest BCUT2D eigenvalue weighted by Crippen LogP contribution is -2.56. The van der Waals surface area contributed by atoms with Crippen molar-refractivity contribution in [2.45, 2.75) is 38.3 Å². The van der Waals surface area contributed by atoms with Crippen molar-refractivity contribution in [2.75, 3.05) is 31.1 Å². The highest BCUT2D eigenvalue weighted by molar-refractivity contribution is 5.48. The highest BCUT2D eigenvalue weighted by Crippen LogP contribution is 2.22. The van der Waals surface area contributed by atoms with Gasteiger partial charge in [-0.15, -0.1) is 0 Å². The molecule has 1 aliphatic rings. The molecule has 0 aliphatic carbocycles. The molecule has 4 heteroatoms. The number of nitrogens with zero attached hydrogens (tertiary/aromatic N) is 1. The molecule has 1 fully saturated rings. The normalized spacial score (nSPS) is 18.8. The van der Waals surface area contributed by atoms with Crippen LogP contribution in [-0.2, 0) is 0 Å². The number of piperazine rings is 1. The Hall–Kier alpha value is -2.04. The Morgan fingerprint density at radius 2 is 1.92 bits per heavy atom. The third-order valence-corrected chi connectivity index (χ3v) is 4.96. The maximum absolute atomic E-state index is 10.6. The summed E-state index contributed by atoms with van der Waals surface area (Å²) in [6, 6.07) is 19.3. The van der Waals surface area contributed by atoms with Crippen molar-refractivity contribution >= 4 is 5.69 Å². The molecule has 2 aromatic carbocycles. The highest BCUT2D eigenvalue weighted by Gasteiger charge is 2.25. The zero-order valence-electron chi connectivity index (χ0n) is 15.7. The predicted octanol–water partition coefficient (Wildman–Crippen LogP) is 3.22. The maximum atomic E-state index is 10.6. The Morgan fingerprint density at radius 1 is 1.19 bits per heavy atom. The van der Waals surface area contributed by atoms with E-state index in [1.54, 1.807) is 0 Å². The van der Waals surface area contributed by atoms with Crippen molar-refractivity contribution in [1.82, 2.24) is 5.32 Å². The summed E-state index contributed by atoms with van der Waals surface area (Å²) in [7, 11) is 0. The van der Waals surface area contributed by atoms with E-state index in [0.29, 0.717) is 18.9 Å². The molecule has 1 radical (unpaired) electrons. The fraction of sp³-hybridized carbons (Fsp3) is 0.455. The van der Waals surface area contributed by atoms with Gasteiger partial charge >= 0.3 is 0 Å². The van der Waals surface area contributed by atoms with Crippen LogP contribution in [0.2, 0.25) is 0 Å². The van der Waals surface area contributed by atoms with Crippen LogP contribution in [0.1, 0.15) is 31.7 Å². The van der Waals surface area contributed by atoms with Crippen LogP contribution in [0.3, 0.4) is 0 Å². The van der Waals surface area contributed by atoms with Gasteiger partial charge in [-0.25, -0.2) is 0 Å². The van der Waals surface area contributed by atoms with Crippen LogP contribution in [-0.4, -0.2) is 43.5 Å². The van der Waals surface area contributed by atoms with Gasteiger partial charge in [-0.05, 0) is 41.8 Å². The number of nitrogens with one attached hydrogen (secondary N) is 1. The first-order valence-electron chi connectivity index (χ1n) is 9.49. The van der Waals surface area contributed by atoms with E-state index in [-0.39, 0.29) is 6.04 Å². The van der Waals surface area contributed by atoms with Gasteiger partial charge in [0.1, 0.15) is 5.75 Å². The van der Waals surface area contributed by atoms with Gasteiger partial charge in [0, 0.05) is 31.7 Å². The topological polar surface area (TPSA) is 44.7 Å². The lowest BCUT2D eigenvalue weighted by atomic mass is 10.0. The van der Waals surface area contributed by atoms with Crippen molar-refractivity contribution < 1.29 is 9.84 Å². The van der Waals surface area contributed by atoms with Crippen LogP contribution in [0.5, 0.6) is 5.75 Å². The molecular weight excluding hydrogens is 324 g/mol. The Balaban J connectivity index is 1.50. The zero-order chi connectivity index (χ0) is 18.4. The van der Waals surface area contributed by atoms with Gasteiger partial charge in [-0.3, -0.25) is 0 Å². The van der Waals surface area contributed by atoms with Gasteiger partial charge < -0.3 is 20.1 Å². The largest absolute Gasteiger partial charge is 0.493 e. The van der Waals surface area contributed by atoms with Gasteiger partial charge in [0.15, 0.2) is 0 Å². The number of hydrogen-bond acceptors (Lipinski definition) is 4. The molecule has 2 aromatic rings. The first-order chi connectivity index (χ1) is 12.6.